The van der Waals surface area contributed by atoms with E-state index in [1.165, 1.54) is 0 Å². The smallest absolute Gasteiger partial charge is 0.343 e. The third kappa shape index (κ3) is 3.35. The summed E-state index contributed by atoms with van der Waals surface area (Å²) in [6.45, 7) is 0. The van der Waals surface area contributed by atoms with Gasteiger partial charge in [-0.1, -0.05) is 0 Å². The molecule has 0 aliphatic heterocycles. The summed E-state index contributed by atoms with van der Waals surface area (Å²) in [6, 6.07) is 4.18. The molecular formula is C13H6F3NO4. The van der Waals surface area contributed by atoms with Crippen molar-refractivity contribution in [2.24, 2.45) is 0 Å². The highest BCUT2D eigenvalue weighted by Crippen LogP contribution is 2.28. The van der Waals surface area contributed by atoms with E-state index in [0.717, 1.165) is 12.1 Å². The molecule has 0 amide bonds. The Bertz CT molecular complexity index is 713. The van der Waals surface area contributed by atoms with E-state index in [4.69, 9.17) is 0 Å². The van der Waals surface area contributed by atoms with Gasteiger partial charge in [-0.3, -0.25) is 10.1 Å². The molecule has 0 unspecified atom stereocenters. The Labute approximate surface area is 115 Å². The van der Waals surface area contributed by atoms with E-state index in [2.05, 4.69) is 4.74 Å². The van der Waals surface area contributed by atoms with Crippen LogP contribution in [0.1, 0.15) is 10.4 Å². The first-order valence-electron chi connectivity index (χ1n) is 5.49. The number of hydrogen-bond acceptors (Lipinski definition) is 4. The monoisotopic (exact) mass is 297 g/mol. The predicted octanol–water partition coefficient (Wildman–Crippen LogP) is 3.23. The summed E-state index contributed by atoms with van der Waals surface area (Å²) in [5.41, 5.74) is -1.15. The highest BCUT2D eigenvalue weighted by atomic mass is 19.1. The summed E-state index contributed by atoms with van der Waals surface area (Å²) in [7, 11) is 0. The van der Waals surface area contributed by atoms with Crippen LogP contribution in [0.2, 0.25) is 0 Å². The van der Waals surface area contributed by atoms with Crippen LogP contribution >= 0.6 is 0 Å². The van der Waals surface area contributed by atoms with Gasteiger partial charge in [0.25, 0.3) is 0 Å². The molecule has 0 aliphatic rings. The lowest BCUT2D eigenvalue weighted by Gasteiger charge is -2.05. The second kappa shape index (κ2) is 5.61. The fourth-order valence-electron chi connectivity index (χ4n) is 1.55. The fourth-order valence-corrected chi connectivity index (χ4v) is 1.55. The van der Waals surface area contributed by atoms with Crippen LogP contribution < -0.4 is 4.74 Å². The van der Waals surface area contributed by atoms with Crippen molar-refractivity contribution >= 4 is 11.7 Å². The second-order valence-corrected chi connectivity index (χ2v) is 3.92. The zero-order valence-electron chi connectivity index (χ0n) is 10.2. The lowest BCUT2D eigenvalue weighted by atomic mass is 10.2. The van der Waals surface area contributed by atoms with Gasteiger partial charge in [-0.15, -0.1) is 0 Å². The van der Waals surface area contributed by atoms with Gasteiger partial charge in [-0.25, -0.2) is 18.0 Å². The molecule has 2 aromatic carbocycles. The van der Waals surface area contributed by atoms with Crippen molar-refractivity contribution in [2.45, 2.75) is 0 Å². The Morgan fingerprint density at radius 1 is 1.00 bits per heavy atom. The van der Waals surface area contributed by atoms with Crippen LogP contribution in [0.25, 0.3) is 0 Å². The van der Waals surface area contributed by atoms with E-state index < -0.39 is 45.3 Å². The molecule has 0 aromatic heterocycles. The molecule has 2 aromatic rings. The number of carbonyl (C=O) groups excluding carboxylic acids is 1. The van der Waals surface area contributed by atoms with E-state index in [1.807, 2.05) is 0 Å². The van der Waals surface area contributed by atoms with Gasteiger partial charge in [0.2, 0.25) is 5.75 Å². The number of esters is 1. The minimum Gasteiger partial charge on any atom is -0.415 e. The van der Waals surface area contributed by atoms with Crippen molar-refractivity contribution < 1.29 is 27.6 Å². The van der Waals surface area contributed by atoms with E-state index in [1.54, 1.807) is 0 Å². The van der Waals surface area contributed by atoms with E-state index >= 15 is 0 Å². The summed E-state index contributed by atoms with van der Waals surface area (Å²) in [6.07, 6.45) is 0. The molecule has 0 saturated heterocycles. The number of nitrogens with zero attached hydrogens (tertiary/aromatic N) is 1. The van der Waals surface area contributed by atoms with Crippen LogP contribution in [0.3, 0.4) is 0 Å². The average molecular weight is 297 g/mol. The Hall–Kier alpha value is -2.90. The highest BCUT2D eigenvalue weighted by molar-refractivity contribution is 5.91. The number of rotatable bonds is 3. The number of halogens is 3. The highest BCUT2D eigenvalue weighted by Gasteiger charge is 2.20. The zero-order chi connectivity index (χ0) is 15.6. The van der Waals surface area contributed by atoms with Gasteiger partial charge < -0.3 is 4.74 Å². The van der Waals surface area contributed by atoms with E-state index in [0.29, 0.717) is 24.3 Å². The Balaban J connectivity index is 2.35. The zero-order valence-corrected chi connectivity index (χ0v) is 10.2. The number of hydrogen-bond donors (Lipinski definition) is 0. The molecule has 2 rings (SSSR count). The number of nitro benzene ring substituents is 1. The normalized spacial score (nSPS) is 10.2. The Morgan fingerprint density at radius 2 is 1.62 bits per heavy atom. The molecule has 108 valence electrons. The summed E-state index contributed by atoms with van der Waals surface area (Å²) in [5.74, 6) is -4.81. The number of nitro groups is 1. The largest absolute Gasteiger partial charge is 0.415 e. The number of benzene rings is 2. The van der Waals surface area contributed by atoms with Crippen molar-refractivity contribution in [1.29, 1.82) is 0 Å². The first-order valence-corrected chi connectivity index (χ1v) is 5.49. The number of carbonyl (C=O) groups is 1. The van der Waals surface area contributed by atoms with Crippen molar-refractivity contribution in [3.8, 4) is 5.75 Å². The van der Waals surface area contributed by atoms with Crippen LogP contribution in [0.4, 0.5) is 18.9 Å². The molecule has 0 bridgehead atoms. The topological polar surface area (TPSA) is 69.4 Å². The van der Waals surface area contributed by atoms with Gasteiger partial charge in [0.15, 0.2) is 0 Å². The molecule has 8 heteroatoms. The first kappa shape index (κ1) is 14.5. The molecule has 0 radical (unpaired) electrons. The lowest BCUT2D eigenvalue weighted by Crippen LogP contribution is -2.10. The van der Waals surface area contributed by atoms with Gasteiger partial charge in [-0.05, 0) is 18.2 Å². The Kier molecular flexibility index (Phi) is 3.88. The maximum atomic E-state index is 13.1. The maximum Gasteiger partial charge on any atom is 0.343 e. The molecule has 0 saturated carbocycles. The van der Waals surface area contributed by atoms with E-state index in [9.17, 15) is 28.1 Å². The van der Waals surface area contributed by atoms with Gasteiger partial charge in [0.1, 0.15) is 17.5 Å². The average Bonchev–Trinajstić information content (AvgIpc) is 2.37. The minimum atomic E-state index is -1.25. The van der Waals surface area contributed by atoms with Crippen LogP contribution in [0.15, 0.2) is 36.4 Å². The fraction of sp³-hybridized carbons (Fsp3) is 0. The van der Waals surface area contributed by atoms with Crippen molar-refractivity contribution in [1.82, 2.24) is 0 Å². The Morgan fingerprint density at radius 3 is 2.19 bits per heavy atom. The van der Waals surface area contributed by atoms with Crippen molar-refractivity contribution in [3.05, 3.63) is 69.5 Å². The van der Waals surface area contributed by atoms with Gasteiger partial charge in [-0.2, -0.15) is 0 Å². The summed E-state index contributed by atoms with van der Waals surface area (Å²) in [5, 5.41) is 10.7. The maximum absolute atomic E-state index is 13.1. The summed E-state index contributed by atoms with van der Waals surface area (Å²) in [4.78, 5) is 21.6. The molecule has 0 heterocycles. The van der Waals surface area contributed by atoms with Crippen LogP contribution in [-0.4, -0.2) is 10.9 Å². The van der Waals surface area contributed by atoms with Gasteiger partial charge >= 0.3 is 11.7 Å². The standard InChI is InChI=1S/C13H6F3NO4/c14-8-1-2-11(17(19)20)12(6-8)21-13(18)7-3-9(15)5-10(16)4-7/h1-6H. The van der Waals surface area contributed by atoms with Crippen LogP contribution in [0.5, 0.6) is 5.75 Å². The molecular weight excluding hydrogens is 291 g/mol. The molecule has 0 spiro atoms. The van der Waals surface area contributed by atoms with Crippen molar-refractivity contribution in [3.63, 3.8) is 0 Å². The van der Waals surface area contributed by atoms with E-state index in [-0.39, 0.29) is 0 Å². The predicted molar refractivity (Wildman–Crippen MR) is 64.4 cm³/mol. The molecule has 0 fully saturated rings. The summed E-state index contributed by atoms with van der Waals surface area (Å²) < 4.78 is 43.7. The van der Waals surface area contributed by atoms with Gasteiger partial charge in [0, 0.05) is 18.2 Å². The third-order valence-corrected chi connectivity index (χ3v) is 2.42. The third-order valence-electron chi connectivity index (χ3n) is 2.42. The first-order chi connectivity index (χ1) is 9.86. The number of ether oxygens (including phenoxy) is 1. The quantitative estimate of drug-likeness (QED) is 0.377. The van der Waals surface area contributed by atoms with Crippen molar-refractivity contribution in [2.75, 3.05) is 0 Å². The lowest BCUT2D eigenvalue weighted by molar-refractivity contribution is -0.385. The minimum absolute atomic E-state index is 0.494. The van der Waals surface area contributed by atoms with Gasteiger partial charge in [0.05, 0.1) is 10.5 Å². The molecule has 0 N–H and O–H groups in total. The van der Waals surface area contributed by atoms with Crippen LogP contribution in [0, 0.1) is 27.6 Å². The SMILES string of the molecule is O=C(Oc1cc(F)ccc1[N+](=O)[O-])c1cc(F)cc(F)c1. The molecule has 0 aliphatic carbocycles. The molecule has 5 nitrogen and oxygen atoms in total. The molecule has 0 atom stereocenters. The summed E-state index contributed by atoms with van der Waals surface area (Å²) >= 11 is 0. The van der Waals surface area contributed by atoms with Crippen LogP contribution in [-0.2, 0) is 0 Å². The second-order valence-electron chi connectivity index (χ2n) is 3.92. The molecule has 21 heavy (non-hydrogen) atoms.